The molecule has 1 aromatic carbocycles. The van der Waals surface area contributed by atoms with Crippen molar-refractivity contribution in [2.24, 2.45) is 0 Å². The highest BCUT2D eigenvalue weighted by Crippen LogP contribution is 2.29. The Hall–Kier alpha value is -2.77. The van der Waals surface area contributed by atoms with Crippen LogP contribution in [0, 0.1) is 11.8 Å². The second-order valence-corrected chi connectivity index (χ2v) is 10.3. The number of hydrogen-bond donors (Lipinski definition) is 3. The molecule has 3 amide bonds. The largest absolute Gasteiger partial charge is 0.381 e. The van der Waals surface area contributed by atoms with Crippen LogP contribution in [-0.4, -0.2) is 92.6 Å². The fourth-order valence-electron chi connectivity index (χ4n) is 5.37. The maximum absolute atomic E-state index is 12.9. The lowest BCUT2D eigenvalue weighted by Crippen LogP contribution is -2.52. The Labute approximate surface area is 226 Å². The Bertz CT molecular complexity index is 1040. The van der Waals surface area contributed by atoms with Crippen LogP contribution in [0.4, 0.5) is 0 Å². The van der Waals surface area contributed by atoms with Gasteiger partial charge in [0.1, 0.15) is 6.04 Å². The van der Waals surface area contributed by atoms with Crippen LogP contribution < -0.4 is 16.0 Å². The quantitative estimate of drug-likeness (QED) is 0.215. The van der Waals surface area contributed by atoms with Crippen LogP contribution in [0.3, 0.4) is 0 Å². The molecule has 2 saturated heterocycles. The first-order valence-electron chi connectivity index (χ1n) is 14.0. The predicted octanol–water partition coefficient (Wildman–Crippen LogP) is 1.26. The number of likely N-dealkylation sites (tertiary alicyclic amines) is 1. The minimum Gasteiger partial charge on any atom is -0.381 e. The molecule has 1 unspecified atom stereocenters. The van der Waals surface area contributed by atoms with Gasteiger partial charge in [0.15, 0.2) is 0 Å². The molecule has 4 rings (SSSR count). The smallest absolute Gasteiger partial charge is 0.255 e. The Morgan fingerprint density at radius 1 is 1.08 bits per heavy atom. The maximum atomic E-state index is 12.9. The number of rotatable bonds is 12. The molecule has 1 aromatic rings. The highest BCUT2D eigenvalue weighted by Gasteiger charge is 2.39. The van der Waals surface area contributed by atoms with Gasteiger partial charge in [-0.05, 0) is 76.5 Å². The number of hydrogen-bond acceptors (Lipinski definition) is 7. The van der Waals surface area contributed by atoms with E-state index in [2.05, 4.69) is 39.7 Å². The van der Waals surface area contributed by atoms with E-state index in [9.17, 15) is 14.4 Å². The van der Waals surface area contributed by atoms with Gasteiger partial charge in [-0.25, -0.2) is 0 Å². The summed E-state index contributed by atoms with van der Waals surface area (Å²) in [6, 6.07) is 5.61. The third-order valence-corrected chi connectivity index (χ3v) is 7.63. The van der Waals surface area contributed by atoms with Gasteiger partial charge in [-0.15, -0.1) is 0 Å². The van der Waals surface area contributed by atoms with Crippen molar-refractivity contribution >= 4 is 17.7 Å². The van der Waals surface area contributed by atoms with Crippen molar-refractivity contribution in [3.05, 3.63) is 34.9 Å². The van der Waals surface area contributed by atoms with Crippen LogP contribution in [0.15, 0.2) is 18.2 Å². The molecule has 3 aliphatic heterocycles. The van der Waals surface area contributed by atoms with E-state index in [0.29, 0.717) is 31.0 Å². The highest BCUT2D eigenvalue weighted by molar-refractivity contribution is 6.05. The number of benzene rings is 1. The molecule has 9 heteroatoms. The fourth-order valence-corrected chi connectivity index (χ4v) is 5.37. The Balaban J connectivity index is 1.08. The van der Waals surface area contributed by atoms with Gasteiger partial charge < -0.3 is 25.2 Å². The molecule has 2 fully saturated rings. The summed E-state index contributed by atoms with van der Waals surface area (Å²) in [6.45, 7) is 7.13. The summed E-state index contributed by atoms with van der Waals surface area (Å²) >= 11 is 0. The lowest BCUT2D eigenvalue weighted by Gasteiger charge is -2.31. The molecule has 0 aliphatic carbocycles. The van der Waals surface area contributed by atoms with E-state index in [1.54, 1.807) is 11.0 Å². The van der Waals surface area contributed by atoms with Gasteiger partial charge in [-0.1, -0.05) is 17.9 Å². The molecule has 9 nitrogen and oxygen atoms in total. The molecule has 0 aromatic heterocycles. The van der Waals surface area contributed by atoms with Crippen molar-refractivity contribution < 1.29 is 19.1 Å². The first kappa shape index (κ1) is 28.2. The van der Waals surface area contributed by atoms with E-state index >= 15 is 0 Å². The van der Waals surface area contributed by atoms with E-state index < -0.39 is 11.9 Å². The number of nitrogens with zero attached hydrogens (tertiary/aromatic N) is 2. The summed E-state index contributed by atoms with van der Waals surface area (Å²) in [7, 11) is 2.05. The van der Waals surface area contributed by atoms with Crippen LogP contribution in [0.5, 0.6) is 0 Å². The SMILES string of the molecule is CNC1CCN(CCCOCCCNCCC#Cc2cccc3c2CN(C2CCC(=O)NC2=O)C3=O)CC1. The van der Waals surface area contributed by atoms with Crippen LogP contribution in [-0.2, 0) is 20.9 Å². The van der Waals surface area contributed by atoms with Gasteiger partial charge in [0.25, 0.3) is 5.91 Å². The van der Waals surface area contributed by atoms with E-state index in [1.165, 1.54) is 25.9 Å². The molecule has 3 N–H and O–H groups in total. The van der Waals surface area contributed by atoms with Gasteiger partial charge in [0.2, 0.25) is 11.8 Å². The Kier molecular flexibility index (Phi) is 10.7. The fraction of sp³-hybridized carbons (Fsp3) is 0.621. The van der Waals surface area contributed by atoms with Gasteiger partial charge in [-0.2, -0.15) is 0 Å². The number of carbonyl (C=O) groups is 3. The molecule has 206 valence electrons. The maximum Gasteiger partial charge on any atom is 0.255 e. The first-order chi connectivity index (χ1) is 18.6. The van der Waals surface area contributed by atoms with E-state index in [4.69, 9.17) is 4.74 Å². The number of amides is 3. The van der Waals surface area contributed by atoms with Gasteiger partial charge in [-0.3, -0.25) is 19.7 Å². The molecule has 0 radical (unpaired) electrons. The second-order valence-electron chi connectivity index (χ2n) is 10.3. The summed E-state index contributed by atoms with van der Waals surface area (Å²) in [5.41, 5.74) is 2.28. The van der Waals surface area contributed by atoms with Crippen molar-refractivity contribution in [3.63, 3.8) is 0 Å². The van der Waals surface area contributed by atoms with Crippen molar-refractivity contribution in [2.45, 2.75) is 63.6 Å². The van der Waals surface area contributed by atoms with Crippen LogP contribution >= 0.6 is 0 Å². The monoisotopic (exact) mass is 523 g/mol. The van der Waals surface area contributed by atoms with Crippen molar-refractivity contribution in [3.8, 4) is 11.8 Å². The average molecular weight is 524 g/mol. The molecular formula is C29H41N5O4. The lowest BCUT2D eigenvalue weighted by molar-refractivity contribution is -0.136. The molecule has 1 atom stereocenters. The number of fused-ring (bicyclic) bond motifs is 1. The lowest BCUT2D eigenvalue weighted by atomic mass is 10.0. The Morgan fingerprint density at radius 2 is 1.89 bits per heavy atom. The third kappa shape index (κ3) is 7.64. The molecule has 3 aliphatic rings. The standard InChI is InChI=1S/C29H41N5O4/c1-30-23-12-17-33(18-13-23)16-6-20-38-19-5-15-31-14-3-2-7-22-8-4-9-24-25(22)21-34(29(24)37)26-10-11-27(35)32-28(26)36/h4,8-9,23,26,30-31H,3,5-6,10-21H2,1H3,(H,32,35,36). The van der Waals surface area contributed by atoms with Gasteiger partial charge >= 0.3 is 0 Å². The first-order valence-corrected chi connectivity index (χ1v) is 14.0. The van der Waals surface area contributed by atoms with Crippen LogP contribution in [0.25, 0.3) is 0 Å². The summed E-state index contributed by atoms with van der Waals surface area (Å²) in [4.78, 5) is 40.8. The molecular weight excluding hydrogens is 482 g/mol. The normalized spacial score (nSPS) is 20.3. The van der Waals surface area contributed by atoms with Crippen molar-refractivity contribution in [2.75, 3.05) is 53.0 Å². The van der Waals surface area contributed by atoms with E-state index in [1.807, 2.05) is 12.1 Å². The van der Waals surface area contributed by atoms with E-state index in [-0.39, 0.29) is 18.2 Å². The van der Waals surface area contributed by atoms with Crippen LogP contribution in [0.2, 0.25) is 0 Å². The highest BCUT2D eigenvalue weighted by atomic mass is 16.5. The van der Waals surface area contributed by atoms with Crippen molar-refractivity contribution in [1.29, 1.82) is 0 Å². The minimum absolute atomic E-state index is 0.170. The number of carbonyl (C=O) groups excluding carboxylic acids is 3. The summed E-state index contributed by atoms with van der Waals surface area (Å²) < 4.78 is 5.79. The van der Waals surface area contributed by atoms with E-state index in [0.717, 1.165) is 56.8 Å². The topological polar surface area (TPSA) is 103 Å². The molecule has 0 bridgehead atoms. The third-order valence-electron chi connectivity index (χ3n) is 7.63. The zero-order chi connectivity index (χ0) is 26.7. The van der Waals surface area contributed by atoms with Crippen molar-refractivity contribution in [1.82, 2.24) is 25.8 Å². The zero-order valence-electron chi connectivity index (χ0n) is 22.5. The number of piperidine rings is 2. The van der Waals surface area contributed by atoms with Gasteiger partial charge in [0, 0.05) is 62.9 Å². The average Bonchev–Trinajstić information content (AvgIpc) is 3.26. The number of imide groups is 1. The number of nitrogens with one attached hydrogen (secondary N) is 3. The molecule has 0 saturated carbocycles. The summed E-state index contributed by atoms with van der Waals surface area (Å²) in [5.74, 6) is 5.57. The zero-order valence-corrected chi connectivity index (χ0v) is 22.5. The summed E-state index contributed by atoms with van der Waals surface area (Å²) in [5, 5.41) is 9.12. The predicted molar refractivity (Wildman–Crippen MR) is 145 cm³/mol. The molecule has 0 spiro atoms. The minimum atomic E-state index is -0.609. The van der Waals surface area contributed by atoms with Gasteiger partial charge in [0.05, 0.1) is 0 Å². The Morgan fingerprint density at radius 3 is 2.68 bits per heavy atom. The number of ether oxygens (including phenoxy) is 1. The molecule has 38 heavy (non-hydrogen) atoms. The van der Waals surface area contributed by atoms with Crippen LogP contribution in [0.1, 0.15) is 66.4 Å². The second kappa shape index (κ2) is 14.4. The molecule has 3 heterocycles. The summed E-state index contributed by atoms with van der Waals surface area (Å²) in [6.07, 6.45) is 5.86.